The van der Waals surface area contributed by atoms with Crippen molar-refractivity contribution in [2.24, 2.45) is 0 Å². The lowest BCUT2D eigenvalue weighted by Gasteiger charge is -1.99. The number of aromatic amines is 1. The summed E-state index contributed by atoms with van der Waals surface area (Å²) in [6.45, 7) is -0.157. The van der Waals surface area contributed by atoms with Crippen LogP contribution in [0.1, 0.15) is 0 Å². The number of hydrogen-bond acceptors (Lipinski definition) is 5. The second kappa shape index (κ2) is 4.60. The quantitative estimate of drug-likeness (QED) is 0.743. The molecule has 2 aromatic heterocycles. The van der Waals surface area contributed by atoms with Gasteiger partial charge in [0, 0.05) is 18.5 Å². The van der Waals surface area contributed by atoms with Crippen LogP contribution in [0.15, 0.2) is 29.5 Å². The maximum Gasteiger partial charge on any atom is 0.327 e. The van der Waals surface area contributed by atoms with Crippen LogP contribution in [0.4, 0.5) is 0 Å². The molecule has 0 unspecified atom stereocenters. The number of methoxy groups -OCH3 is 1. The number of carbonyl (C=O) groups excluding carboxylic acids is 1. The van der Waals surface area contributed by atoms with Crippen molar-refractivity contribution >= 4 is 5.97 Å². The van der Waals surface area contributed by atoms with Crippen LogP contribution >= 0.6 is 0 Å². The molecular weight excluding hydrogens is 224 g/mol. The maximum absolute atomic E-state index is 11.5. The van der Waals surface area contributed by atoms with E-state index in [4.69, 9.17) is 0 Å². The molecule has 0 aliphatic heterocycles. The third-order valence-electron chi connectivity index (χ3n) is 2.14. The molecule has 2 heterocycles. The van der Waals surface area contributed by atoms with Crippen LogP contribution in [0.3, 0.4) is 0 Å². The molecule has 1 N–H and O–H groups in total. The lowest BCUT2D eigenvalue weighted by Crippen LogP contribution is -2.22. The van der Waals surface area contributed by atoms with E-state index in [0.717, 1.165) is 4.68 Å². The van der Waals surface area contributed by atoms with Gasteiger partial charge in [-0.15, -0.1) is 0 Å². The molecule has 0 aliphatic carbocycles. The van der Waals surface area contributed by atoms with E-state index in [2.05, 4.69) is 19.8 Å². The van der Waals surface area contributed by atoms with Crippen molar-refractivity contribution in [3.05, 3.63) is 35.0 Å². The Bertz CT molecular complexity index is 573. The molecule has 7 heteroatoms. The van der Waals surface area contributed by atoms with E-state index in [0.29, 0.717) is 11.4 Å². The molecule has 0 amide bonds. The minimum Gasteiger partial charge on any atom is -0.468 e. The highest BCUT2D eigenvalue weighted by atomic mass is 16.5. The number of hydrogen-bond donors (Lipinski definition) is 1. The van der Waals surface area contributed by atoms with Gasteiger partial charge in [0.2, 0.25) is 0 Å². The van der Waals surface area contributed by atoms with Crippen molar-refractivity contribution in [1.82, 2.24) is 19.7 Å². The molecule has 0 spiro atoms. The third kappa shape index (κ3) is 2.39. The fraction of sp³-hybridized carbons (Fsp3) is 0.200. The zero-order valence-corrected chi connectivity index (χ0v) is 9.08. The van der Waals surface area contributed by atoms with Gasteiger partial charge in [0.15, 0.2) is 0 Å². The molecule has 0 bridgehead atoms. The van der Waals surface area contributed by atoms with Gasteiger partial charge in [0.25, 0.3) is 5.56 Å². The zero-order valence-electron chi connectivity index (χ0n) is 9.08. The van der Waals surface area contributed by atoms with Gasteiger partial charge in [-0.1, -0.05) is 0 Å². The fourth-order valence-corrected chi connectivity index (χ4v) is 1.31. The molecule has 0 radical (unpaired) electrons. The molecule has 0 atom stereocenters. The van der Waals surface area contributed by atoms with Gasteiger partial charge in [0.1, 0.15) is 12.2 Å². The number of aromatic nitrogens is 4. The number of nitrogens with zero attached hydrogens (tertiary/aromatic N) is 3. The summed E-state index contributed by atoms with van der Waals surface area (Å²) in [5.74, 6) is -0.500. The van der Waals surface area contributed by atoms with Gasteiger partial charge in [0.05, 0.1) is 19.0 Å². The van der Waals surface area contributed by atoms with Crippen LogP contribution in [-0.4, -0.2) is 32.8 Å². The van der Waals surface area contributed by atoms with E-state index in [9.17, 15) is 9.59 Å². The molecule has 7 nitrogen and oxygen atoms in total. The summed E-state index contributed by atoms with van der Waals surface area (Å²) >= 11 is 0. The van der Waals surface area contributed by atoms with Crippen LogP contribution in [0.25, 0.3) is 11.4 Å². The summed E-state index contributed by atoms with van der Waals surface area (Å²) in [6.07, 6.45) is 4.58. The largest absolute Gasteiger partial charge is 0.468 e. The first kappa shape index (κ1) is 11.1. The lowest BCUT2D eigenvalue weighted by molar-refractivity contribution is -0.141. The molecule has 88 valence electrons. The number of esters is 1. The lowest BCUT2D eigenvalue weighted by atomic mass is 10.3. The number of ether oxygens (including phenoxy) is 1. The van der Waals surface area contributed by atoms with E-state index < -0.39 is 5.97 Å². The average Bonchev–Trinajstić information content (AvgIpc) is 2.72. The van der Waals surface area contributed by atoms with Crippen LogP contribution in [0.5, 0.6) is 0 Å². The summed E-state index contributed by atoms with van der Waals surface area (Å²) < 4.78 is 5.63. The Morgan fingerprint density at radius 2 is 2.35 bits per heavy atom. The topological polar surface area (TPSA) is 89.9 Å². The Balaban J connectivity index is 2.31. The second-order valence-corrected chi connectivity index (χ2v) is 3.26. The van der Waals surface area contributed by atoms with Gasteiger partial charge in [-0.2, -0.15) is 0 Å². The molecule has 2 aromatic rings. The van der Waals surface area contributed by atoms with Crippen LogP contribution < -0.4 is 5.56 Å². The Morgan fingerprint density at radius 1 is 1.53 bits per heavy atom. The Hall–Kier alpha value is -2.44. The maximum atomic E-state index is 11.5. The predicted octanol–water partition coefficient (Wildman–Crippen LogP) is -0.194. The third-order valence-corrected chi connectivity index (χ3v) is 2.14. The van der Waals surface area contributed by atoms with E-state index in [1.165, 1.54) is 31.8 Å². The van der Waals surface area contributed by atoms with Crippen molar-refractivity contribution in [3.8, 4) is 11.4 Å². The van der Waals surface area contributed by atoms with Gasteiger partial charge in [-0.3, -0.25) is 24.7 Å². The molecular formula is C10H10N4O3. The summed E-state index contributed by atoms with van der Waals surface area (Å²) in [6, 6.07) is 1.35. The predicted molar refractivity (Wildman–Crippen MR) is 58.1 cm³/mol. The number of nitrogens with one attached hydrogen (secondary N) is 1. The summed E-state index contributed by atoms with van der Waals surface area (Å²) in [5.41, 5.74) is 0.719. The van der Waals surface area contributed by atoms with E-state index in [1.54, 1.807) is 0 Å². The molecule has 2 rings (SSSR count). The van der Waals surface area contributed by atoms with Crippen molar-refractivity contribution in [2.45, 2.75) is 6.54 Å². The highest BCUT2D eigenvalue weighted by Gasteiger charge is 2.09. The van der Waals surface area contributed by atoms with Crippen molar-refractivity contribution in [3.63, 3.8) is 0 Å². The smallest absolute Gasteiger partial charge is 0.327 e. The van der Waals surface area contributed by atoms with Crippen LogP contribution in [0, 0.1) is 0 Å². The van der Waals surface area contributed by atoms with Crippen molar-refractivity contribution in [2.75, 3.05) is 7.11 Å². The minimum atomic E-state index is -0.500. The zero-order chi connectivity index (χ0) is 12.3. The van der Waals surface area contributed by atoms with Crippen molar-refractivity contribution < 1.29 is 9.53 Å². The Kier molecular flexibility index (Phi) is 2.99. The van der Waals surface area contributed by atoms with Gasteiger partial charge < -0.3 is 4.74 Å². The highest BCUT2D eigenvalue weighted by Crippen LogP contribution is 2.08. The van der Waals surface area contributed by atoms with Gasteiger partial charge >= 0.3 is 5.97 Å². The van der Waals surface area contributed by atoms with E-state index in [-0.39, 0.29) is 12.1 Å². The first-order chi connectivity index (χ1) is 8.20. The molecule has 0 saturated carbocycles. The standard InChI is InChI=1S/C10H10N4O3/c1-17-10(16)6-14-9(15)4-7(13-14)8-5-11-2-3-12-8/h2-5,13H,6H2,1H3. The molecule has 0 fully saturated rings. The monoisotopic (exact) mass is 234 g/mol. The van der Waals surface area contributed by atoms with Crippen LogP contribution in [-0.2, 0) is 16.1 Å². The first-order valence-electron chi connectivity index (χ1n) is 4.84. The summed E-state index contributed by atoms with van der Waals surface area (Å²) in [7, 11) is 1.26. The number of H-pyrrole nitrogens is 1. The van der Waals surface area contributed by atoms with Crippen LogP contribution in [0.2, 0.25) is 0 Å². The first-order valence-corrected chi connectivity index (χ1v) is 4.84. The summed E-state index contributed by atoms with van der Waals surface area (Å²) in [4.78, 5) is 30.5. The van der Waals surface area contributed by atoms with Gasteiger partial charge in [-0.05, 0) is 0 Å². The normalized spacial score (nSPS) is 10.2. The van der Waals surface area contributed by atoms with E-state index >= 15 is 0 Å². The SMILES string of the molecule is COC(=O)Cn1[nH]c(-c2cnccn2)cc1=O. The average molecular weight is 234 g/mol. The fourth-order valence-electron chi connectivity index (χ4n) is 1.31. The molecule has 0 aromatic carbocycles. The molecule has 17 heavy (non-hydrogen) atoms. The molecule has 0 aliphatic rings. The second-order valence-electron chi connectivity index (χ2n) is 3.26. The number of rotatable bonds is 3. The number of carbonyl (C=O) groups is 1. The Labute approximate surface area is 96.1 Å². The summed E-state index contributed by atoms with van der Waals surface area (Å²) in [5, 5.41) is 2.76. The van der Waals surface area contributed by atoms with E-state index in [1.807, 2.05) is 0 Å². The highest BCUT2D eigenvalue weighted by molar-refractivity contribution is 5.69. The van der Waals surface area contributed by atoms with Crippen molar-refractivity contribution in [1.29, 1.82) is 0 Å². The van der Waals surface area contributed by atoms with Gasteiger partial charge in [-0.25, -0.2) is 4.68 Å². The Morgan fingerprint density at radius 3 is 3.00 bits per heavy atom. The minimum absolute atomic E-state index is 0.157. The molecule has 0 saturated heterocycles.